The summed E-state index contributed by atoms with van der Waals surface area (Å²) >= 11 is 12.7. The van der Waals surface area contributed by atoms with Crippen molar-refractivity contribution in [2.24, 2.45) is 0 Å². The van der Waals surface area contributed by atoms with Crippen LogP contribution in [0.4, 0.5) is 0 Å². The van der Waals surface area contributed by atoms with Gasteiger partial charge in [-0.15, -0.1) is 0 Å². The van der Waals surface area contributed by atoms with Gasteiger partial charge in [0.15, 0.2) is 0 Å². The summed E-state index contributed by atoms with van der Waals surface area (Å²) in [4.78, 5) is 4.91. The van der Waals surface area contributed by atoms with Crippen LogP contribution in [-0.2, 0) is 23.1 Å². The molecule has 0 spiro atoms. The molecule has 0 aromatic heterocycles. The summed E-state index contributed by atoms with van der Waals surface area (Å²) in [5.74, 6) is 0. The van der Waals surface area contributed by atoms with Crippen LogP contribution in [0, 0.1) is 0 Å². The smallest absolute Gasteiger partial charge is 0.217 e. The lowest BCUT2D eigenvalue weighted by atomic mass is 10.0. The number of sulfonamides is 1. The summed E-state index contributed by atoms with van der Waals surface area (Å²) in [6, 6.07) is 54.3. The summed E-state index contributed by atoms with van der Waals surface area (Å²) in [6.07, 6.45) is 4.77. The predicted molar refractivity (Wildman–Crippen MR) is 253 cm³/mol. The van der Waals surface area contributed by atoms with Crippen molar-refractivity contribution in [3.63, 3.8) is 0 Å². The standard InChI is InChI=1S/C29H33ClN2O2S.C23H23ClN2/c30-28-14-8-7-13-27(28)24-17-15-23(16-18-24)21-31-19-20-32(29(22-31)25-9-3-1-4-10-25)35(33,34)26-11-5-2-6-12-26;24-22-9-5-4-8-21(22)19-12-10-18(11-13-19)16-26-15-14-25-23(17-26)20-6-2-1-3-7-20/h1,3-4,7-10,13-18,26,29H,2,5-6,11-12,19-22H2;1-13,23,25H,14-17H2. The first-order chi connectivity index (χ1) is 29.8. The van der Waals surface area contributed by atoms with Gasteiger partial charge in [-0.3, -0.25) is 9.80 Å². The molecule has 1 saturated carbocycles. The Hall–Kier alpha value is -4.31. The molecule has 6 aromatic rings. The Morgan fingerprint density at radius 3 is 1.56 bits per heavy atom. The van der Waals surface area contributed by atoms with E-state index in [-0.39, 0.29) is 11.3 Å². The number of nitrogens with one attached hydrogen (secondary N) is 1. The van der Waals surface area contributed by atoms with E-state index in [1.807, 2.05) is 65.0 Å². The molecule has 6 aromatic carbocycles. The molecule has 0 bridgehead atoms. The molecule has 316 valence electrons. The number of rotatable bonds is 10. The monoisotopic (exact) mass is 870 g/mol. The lowest BCUT2D eigenvalue weighted by molar-refractivity contribution is 0.128. The van der Waals surface area contributed by atoms with Crippen molar-refractivity contribution in [3.05, 3.63) is 190 Å². The van der Waals surface area contributed by atoms with Gasteiger partial charge in [0.1, 0.15) is 0 Å². The molecule has 61 heavy (non-hydrogen) atoms. The average molecular weight is 872 g/mol. The van der Waals surface area contributed by atoms with Crippen molar-refractivity contribution in [2.45, 2.75) is 62.5 Å². The quantitative estimate of drug-likeness (QED) is 0.149. The topological polar surface area (TPSA) is 55.9 Å². The molecule has 2 atom stereocenters. The zero-order chi connectivity index (χ0) is 42.0. The third kappa shape index (κ3) is 11.0. The van der Waals surface area contributed by atoms with Crippen LogP contribution in [0.5, 0.6) is 0 Å². The van der Waals surface area contributed by atoms with Gasteiger partial charge >= 0.3 is 0 Å². The van der Waals surface area contributed by atoms with Crippen LogP contribution in [0.25, 0.3) is 22.3 Å². The fourth-order valence-electron chi connectivity index (χ4n) is 9.12. The Morgan fingerprint density at radius 2 is 1.02 bits per heavy atom. The van der Waals surface area contributed by atoms with Gasteiger partial charge in [0.2, 0.25) is 10.0 Å². The number of benzene rings is 6. The highest BCUT2D eigenvalue weighted by Crippen LogP contribution is 2.35. The van der Waals surface area contributed by atoms with Gasteiger partial charge in [-0.25, -0.2) is 8.42 Å². The first-order valence-electron chi connectivity index (χ1n) is 21.8. The summed E-state index contributed by atoms with van der Waals surface area (Å²) in [5, 5.41) is 4.95. The maximum absolute atomic E-state index is 13.7. The van der Waals surface area contributed by atoms with Crippen LogP contribution in [0.3, 0.4) is 0 Å². The molecule has 0 radical (unpaired) electrons. The van der Waals surface area contributed by atoms with E-state index in [1.54, 1.807) is 0 Å². The third-order valence-corrected chi connectivity index (χ3v) is 15.5. The lowest BCUT2D eigenvalue weighted by Crippen LogP contribution is -2.52. The van der Waals surface area contributed by atoms with Crippen molar-refractivity contribution >= 4 is 33.2 Å². The minimum absolute atomic E-state index is 0.153. The first kappa shape index (κ1) is 43.3. The molecule has 3 fully saturated rings. The van der Waals surface area contributed by atoms with Crippen LogP contribution in [0.15, 0.2) is 158 Å². The Balaban J connectivity index is 0.000000176. The Bertz CT molecular complexity index is 2410. The minimum Gasteiger partial charge on any atom is -0.308 e. The second kappa shape index (κ2) is 20.7. The summed E-state index contributed by atoms with van der Waals surface area (Å²) < 4.78 is 29.2. The van der Waals surface area contributed by atoms with Gasteiger partial charge in [-0.2, -0.15) is 4.31 Å². The zero-order valence-electron chi connectivity index (χ0n) is 34.8. The molecule has 1 N–H and O–H groups in total. The molecule has 9 rings (SSSR count). The predicted octanol–water partition coefficient (Wildman–Crippen LogP) is 11.7. The Morgan fingerprint density at radius 1 is 0.525 bits per heavy atom. The Labute approximate surface area is 373 Å². The number of halogens is 2. The average Bonchev–Trinajstić information content (AvgIpc) is 3.31. The van der Waals surface area contributed by atoms with Crippen LogP contribution in [-0.4, -0.2) is 67.0 Å². The van der Waals surface area contributed by atoms with Gasteiger partial charge < -0.3 is 5.32 Å². The molecule has 1 aliphatic carbocycles. The number of hydrogen-bond acceptors (Lipinski definition) is 5. The molecule has 6 nitrogen and oxygen atoms in total. The molecule has 2 saturated heterocycles. The van der Waals surface area contributed by atoms with Crippen molar-refractivity contribution in [1.29, 1.82) is 0 Å². The number of hydrogen-bond donors (Lipinski definition) is 1. The largest absolute Gasteiger partial charge is 0.308 e. The molecule has 0 amide bonds. The van der Waals surface area contributed by atoms with Crippen LogP contribution in [0.2, 0.25) is 10.0 Å². The second-order valence-corrected chi connectivity index (χ2v) is 19.6. The van der Waals surface area contributed by atoms with E-state index in [9.17, 15) is 8.42 Å². The third-order valence-electron chi connectivity index (χ3n) is 12.5. The van der Waals surface area contributed by atoms with E-state index >= 15 is 0 Å². The van der Waals surface area contributed by atoms with Gasteiger partial charge in [0.05, 0.1) is 11.3 Å². The highest BCUT2D eigenvalue weighted by molar-refractivity contribution is 7.89. The highest BCUT2D eigenvalue weighted by atomic mass is 35.5. The lowest BCUT2D eigenvalue weighted by Gasteiger charge is -2.42. The van der Waals surface area contributed by atoms with Gasteiger partial charge in [0.25, 0.3) is 0 Å². The van der Waals surface area contributed by atoms with E-state index in [1.165, 1.54) is 22.3 Å². The summed E-state index contributed by atoms with van der Waals surface area (Å²) in [7, 11) is -3.32. The molecule has 3 aliphatic rings. The molecule has 2 aliphatic heterocycles. The molecule has 9 heteroatoms. The molecular formula is C52H56Cl2N4O2S. The molecule has 2 unspecified atom stereocenters. The van der Waals surface area contributed by atoms with Crippen molar-refractivity contribution in [1.82, 2.24) is 19.4 Å². The van der Waals surface area contributed by atoms with Crippen molar-refractivity contribution in [3.8, 4) is 22.3 Å². The van der Waals surface area contributed by atoms with Crippen LogP contribution < -0.4 is 5.32 Å². The highest BCUT2D eigenvalue weighted by Gasteiger charge is 2.40. The second-order valence-electron chi connectivity index (χ2n) is 16.6. The number of nitrogens with zero attached hydrogens (tertiary/aromatic N) is 3. The molecule has 2 heterocycles. The normalized spacial score (nSPS) is 19.5. The van der Waals surface area contributed by atoms with E-state index in [4.69, 9.17) is 23.2 Å². The Kier molecular flexibility index (Phi) is 14.7. The first-order valence-corrected chi connectivity index (χ1v) is 24.0. The van der Waals surface area contributed by atoms with Crippen molar-refractivity contribution in [2.75, 3.05) is 39.3 Å². The van der Waals surface area contributed by atoms with Crippen LogP contribution in [0.1, 0.15) is 66.4 Å². The summed E-state index contributed by atoms with van der Waals surface area (Å²) in [5.41, 5.74) is 9.40. The fourth-order valence-corrected chi connectivity index (χ4v) is 11.8. The van der Waals surface area contributed by atoms with E-state index in [2.05, 4.69) is 112 Å². The maximum atomic E-state index is 13.7. The van der Waals surface area contributed by atoms with Gasteiger partial charge in [-0.05, 0) is 58.4 Å². The minimum atomic E-state index is -3.32. The zero-order valence-corrected chi connectivity index (χ0v) is 37.1. The van der Waals surface area contributed by atoms with Gasteiger partial charge in [0, 0.05) is 79.6 Å². The number of piperazine rings is 2. The van der Waals surface area contributed by atoms with Crippen molar-refractivity contribution < 1.29 is 8.42 Å². The van der Waals surface area contributed by atoms with Gasteiger partial charge in [-0.1, -0.05) is 188 Å². The maximum Gasteiger partial charge on any atom is 0.217 e. The summed E-state index contributed by atoms with van der Waals surface area (Å²) in [6.45, 7) is 6.89. The molecular weight excluding hydrogens is 816 g/mol. The van der Waals surface area contributed by atoms with E-state index in [0.717, 1.165) is 104 Å². The fraction of sp³-hybridized carbons (Fsp3) is 0.308. The SMILES string of the molecule is Clc1ccccc1-c1ccc(CN2CCNC(c3ccccc3)C2)cc1.O=S(=O)(C1CCCCC1)N1CCN(Cc2ccc(-c3ccccc3Cl)cc2)CC1c1ccccc1. The van der Waals surface area contributed by atoms with E-state index < -0.39 is 10.0 Å². The van der Waals surface area contributed by atoms with Crippen LogP contribution >= 0.6 is 23.2 Å². The van der Waals surface area contributed by atoms with E-state index in [0.29, 0.717) is 19.1 Å².